The largest absolute Gasteiger partial charge is 0.455 e. The lowest BCUT2D eigenvalue weighted by Crippen LogP contribution is -1.91. The van der Waals surface area contributed by atoms with Gasteiger partial charge in [-0.05, 0) is 67.7 Å². The molecular weight excluding hydrogens is 536 g/mol. The topological polar surface area (TPSA) is 26.3 Å². The van der Waals surface area contributed by atoms with Crippen molar-refractivity contribution in [2.24, 2.45) is 0 Å². The average molecular weight is 561 g/mol. The SMILES string of the molecule is c1ccc2cc(-c3c4ccccc4c(-c4cccc5c4oc4ccc6c7ccccc7oc6c45)c4ccccc34)ccc2c1. The van der Waals surface area contributed by atoms with Gasteiger partial charge in [-0.2, -0.15) is 0 Å². The summed E-state index contributed by atoms with van der Waals surface area (Å²) in [6, 6.07) is 51.9. The quantitative estimate of drug-likeness (QED) is 0.197. The molecule has 0 atom stereocenters. The van der Waals surface area contributed by atoms with Crippen LogP contribution in [0.3, 0.4) is 0 Å². The Morgan fingerprint density at radius 2 is 0.955 bits per heavy atom. The first-order valence-corrected chi connectivity index (χ1v) is 15.0. The van der Waals surface area contributed by atoms with E-state index in [4.69, 9.17) is 8.83 Å². The van der Waals surface area contributed by atoms with Gasteiger partial charge in [0.25, 0.3) is 0 Å². The number of hydrogen-bond donors (Lipinski definition) is 0. The summed E-state index contributed by atoms with van der Waals surface area (Å²) < 4.78 is 13.2. The van der Waals surface area contributed by atoms with Crippen LogP contribution in [0.5, 0.6) is 0 Å². The van der Waals surface area contributed by atoms with Crippen molar-refractivity contribution < 1.29 is 8.83 Å². The van der Waals surface area contributed by atoms with Gasteiger partial charge in [0.05, 0.1) is 5.39 Å². The Hall–Kier alpha value is -5.86. The summed E-state index contributed by atoms with van der Waals surface area (Å²) in [6.07, 6.45) is 0. The summed E-state index contributed by atoms with van der Waals surface area (Å²) in [6.45, 7) is 0. The highest BCUT2D eigenvalue weighted by Crippen LogP contribution is 2.47. The van der Waals surface area contributed by atoms with E-state index in [0.717, 1.165) is 49.4 Å². The van der Waals surface area contributed by atoms with Crippen molar-refractivity contribution in [1.29, 1.82) is 0 Å². The lowest BCUT2D eigenvalue weighted by molar-refractivity contribution is 0.663. The molecular formula is C42H24O2. The molecule has 0 bridgehead atoms. The number of fused-ring (bicyclic) bond motifs is 10. The van der Waals surface area contributed by atoms with E-state index in [2.05, 4.69) is 133 Å². The molecule has 0 radical (unpaired) electrons. The number of rotatable bonds is 2. The third-order valence-corrected chi connectivity index (χ3v) is 9.24. The van der Waals surface area contributed by atoms with Crippen molar-refractivity contribution in [1.82, 2.24) is 0 Å². The first-order chi connectivity index (χ1) is 21.8. The second-order valence-corrected chi connectivity index (χ2v) is 11.6. The molecule has 2 nitrogen and oxygen atoms in total. The standard InChI is InChI=1S/C42H24O2/c1-2-11-26-24-27(21-20-25(26)10-1)38-29-13-3-5-15-31(29)39(32-16-6-4-14-30(32)38)34-17-9-18-35-40-37(44-41(34)35)23-22-33-28-12-7-8-19-36(28)43-42(33)40/h1-24H. The summed E-state index contributed by atoms with van der Waals surface area (Å²) in [7, 11) is 0. The molecule has 0 aliphatic heterocycles. The Balaban J connectivity index is 1.32. The smallest absolute Gasteiger partial charge is 0.147 e. The van der Waals surface area contributed by atoms with Crippen LogP contribution in [0, 0.1) is 0 Å². The molecule has 2 heteroatoms. The van der Waals surface area contributed by atoms with Crippen molar-refractivity contribution in [3.8, 4) is 22.3 Å². The van der Waals surface area contributed by atoms with Crippen LogP contribution in [-0.2, 0) is 0 Å². The van der Waals surface area contributed by atoms with Gasteiger partial charge in [-0.3, -0.25) is 0 Å². The van der Waals surface area contributed by atoms with Gasteiger partial charge in [0.15, 0.2) is 0 Å². The average Bonchev–Trinajstić information content (AvgIpc) is 3.65. The fraction of sp³-hybridized carbons (Fsp3) is 0. The Bertz CT molecular complexity index is 2720. The van der Waals surface area contributed by atoms with Crippen molar-refractivity contribution in [2.75, 3.05) is 0 Å². The highest BCUT2D eigenvalue weighted by atomic mass is 16.3. The summed E-state index contributed by atoms with van der Waals surface area (Å²) in [4.78, 5) is 0. The molecule has 2 aromatic heterocycles. The predicted molar refractivity (Wildman–Crippen MR) is 184 cm³/mol. The molecule has 0 N–H and O–H groups in total. The van der Waals surface area contributed by atoms with Gasteiger partial charge in [0.2, 0.25) is 0 Å². The Labute approximate surface area is 252 Å². The van der Waals surface area contributed by atoms with E-state index in [-0.39, 0.29) is 0 Å². The van der Waals surface area contributed by atoms with Crippen LogP contribution in [0.4, 0.5) is 0 Å². The number of hydrogen-bond acceptors (Lipinski definition) is 2. The minimum absolute atomic E-state index is 0.834. The van der Waals surface area contributed by atoms with Crippen LogP contribution in [0.25, 0.3) is 98.4 Å². The molecule has 0 aliphatic rings. The molecule has 0 fully saturated rings. The second kappa shape index (κ2) is 8.82. The van der Waals surface area contributed by atoms with E-state index in [0.29, 0.717) is 0 Å². The minimum Gasteiger partial charge on any atom is -0.455 e. The highest BCUT2D eigenvalue weighted by Gasteiger charge is 2.22. The Morgan fingerprint density at radius 3 is 1.73 bits per heavy atom. The van der Waals surface area contributed by atoms with E-state index in [1.54, 1.807) is 0 Å². The second-order valence-electron chi connectivity index (χ2n) is 11.6. The van der Waals surface area contributed by atoms with Crippen molar-refractivity contribution >= 4 is 76.2 Å². The van der Waals surface area contributed by atoms with Crippen LogP contribution >= 0.6 is 0 Å². The van der Waals surface area contributed by atoms with Crippen LogP contribution < -0.4 is 0 Å². The van der Waals surface area contributed by atoms with Gasteiger partial charge in [-0.15, -0.1) is 0 Å². The van der Waals surface area contributed by atoms with Crippen molar-refractivity contribution in [2.45, 2.75) is 0 Å². The monoisotopic (exact) mass is 560 g/mol. The number of benzene rings is 8. The molecule has 8 aromatic carbocycles. The van der Waals surface area contributed by atoms with Gasteiger partial charge in [-0.25, -0.2) is 0 Å². The molecule has 0 amide bonds. The fourth-order valence-corrected chi connectivity index (χ4v) is 7.34. The minimum atomic E-state index is 0.834. The number of furan rings is 2. The highest BCUT2D eigenvalue weighted by molar-refractivity contribution is 6.27. The van der Waals surface area contributed by atoms with Gasteiger partial charge in [0, 0.05) is 27.3 Å². The van der Waals surface area contributed by atoms with Gasteiger partial charge in [0.1, 0.15) is 22.3 Å². The Kier molecular flexibility index (Phi) is 4.75. The van der Waals surface area contributed by atoms with Crippen molar-refractivity contribution in [3.63, 3.8) is 0 Å². The zero-order valence-electron chi connectivity index (χ0n) is 23.7. The summed E-state index contributed by atoms with van der Waals surface area (Å²) in [5.74, 6) is 0. The van der Waals surface area contributed by atoms with Crippen molar-refractivity contribution in [3.05, 3.63) is 146 Å². The maximum Gasteiger partial charge on any atom is 0.147 e. The number of para-hydroxylation sites is 2. The summed E-state index contributed by atoms with van der Waals surface area (Å²) >= 11 is 0. The molecule has 0 aliphatic carbocycles. The van der Waals surface area contributed by atoms with Crippen LogP contribution in [-0.4, -0.2) is 0 Å². The summed E-state index contributed by atoms with van der Waals surface area (Å²) in [5.41, 5.74) is 8.22. The van der Waals surface area contributed by atoms with E-state index in [1.165, 1.54) is 49.0 Å². The summed E-state index contributed by atoms with van der Waals surface area (Å²) in [5, 5.41) is 11.7. The van der Waals surface area contributed by atoms with E-state index in [1.807, 2.05) is 12.1 Å². The normalized spacial score (nSPS) is 12.1. The molecule has 0 saturated carbocycles. The predicted octanol–water partition coefficient (Wildman–Crippen LogP) is 12.3. The fourth-order valence-electron chi connectivity index (χ4n) is 7.34. The zero-order chi connectivity index (χ0) is 28.8. The molecule has 10 rings (SSSR count). The Morgan fingerprint density at radius 1 is 0.341 bits per heavy atom. The van der Waals surface area contributed by atoms with Crippen LogP contribution in [0.1, 0.15) is 0 Å². The molecule has 0 spiro atoms. The molecule has 0 saturated heterocycles. The maximum absolute atomic E-state index is 6.74. The van der Waals surface area contributed by atoms with Gasteiger partial charge >= 0.3 is 0 Å². The zero-order valence-corrected chi connectivity index (χ0v) is 23.7. The molecule has 204 valence electrons. The molecule has 2 heterocycles. The molecule has 10 aromatic rings. The lowest BCUT2D eigenvalue weighted by Gasteiger charge is -2.18. The van der Waals surface area contributed by atoms with E-state index in [9.17, 15) is 0 Å². The first-order valence-electron chi connectivity index (χ1n) is 15.0. The van der Waals surface area contributed by atoms with Gasteiger partial charge < -0.3 is 8.83 Å². The first kappa shape index (κ1) is 23.7. The van der Waals surface area contributed by atoms with Crippen LogP contribution in [0.15, 0.2) is 154 Å². The third kappa shape index (κ3) is 3.20. The lowest BCUT2D eigenvalue weighted by atomic mass is 9.85. The third-order valence-electron chi connectivity index (χ3n) is 9.24. The van der Waals surface area contributed by atoms with E-state index >= 15 is 0 Å². The van der Waals surface area contributed by atoms with Crippen LogP contribution in [0.2, 0.25) is 0 Å². The molecule has 44 heavy (non-hydrogen) atoms. The molecule has 0 unspecified atom stereocenters. The van der Waals surface area contributed by atoms with E-state index < -0.39 is 0 Å². The maximum atomic E-state index is 6.74. The van der Waals surface area contributed by atoms with Gasteiger partial charge in [-0.1, -0.05) is 121 Å².